The minimum atomic E-state index is -3.96. The Kier molecular flexibility index (Phi) is 4.59. The Morgan fingerprint density at radius 2 is 2.14 bits per heavy atom. The predicted octanol–water partition coefficient (Wildman–Crippen LogP) is 1.87. The van der Waals surface area contributed by atoms with E-state index in [-0.39, 0.29) is 16.0 Å². The van der Waals surface area contributed by atoms with Crippen molar-refractivity contribution in [3.05, 3.63) is 28.8 Å². The number of thiocarbonyl (C=S) groups is 1. The van der Waals surface area contributed by atoms with E-state index in [1.807, 2.05) is 13.8 Å². The minimum absolute atomic E-state index is 0.0224. The van der Waals surface area contributed by atoms with E-state index in [1.54, 1.807) is 11.0 Å². The maximum Gasteiger partial charge on any atom is 0.239 e. The third-order valence-corrected chi connectivity index (χ3v) is 6.14. The fourth-order valence-corrected chi connectivity index (χ4v) is 5.02. The van der Waals surface area contributed by atoms with Gasteiger partial charge in [0.25, 0.3) is 0 Å². The lowest BCUT2D eigenvalue weighted by Gasteiger charge is -2.37. The SMILES string of the molecule is CC(C)N1C(=S)SCC1(O)c1ccc(Cl)c(S(N)(=O)=O)c1. The number of hydrogen-bond acceptors (Lipinski definition) is 5. The van der Waals surface area contributed by atoms with E-state index < -0.39 is 15.7 Å². The lowest BCUT2D eigenvalue weighted by Crippen LogP contribution is -2.48. The molecule has 1 aliphatic heterocycles. The van der Waals surface area contributed by atoms with E-state index in [9.17, 15) is 13.5 Å². The summed E-state index contributed by atoms with van der Waals surface area (Å²) < 4.78 is 23.7. The molecule has 1 aliphatic rings. The average Bonchev–Trinajstić information content (AvgIpc) is 2.65. The number of primary sulfonamides is 1. The summed E-state index contributed by atoms with van der Waals surface area (Å²) in [5.74, 6) is 0.315. The zero-order valence-electron chi connectivity index (χ0n) is 11.4. The fourth-order valence-electron chi connectivity index (χ4n) is 2.28. The Balaban J connectivity index is 2.59. The largest absolute Gasteiger partial charge is 0.366 e. The van der Waals surface area contributed by atoms with Gasteiger partial charge in [-0.1, -0.05) is 41.6 Å². The van der Waals surface area contributed by atoms with Gasteiger partial charge >= 0.3 is 0 Å². The second-order valence-corrected chi connectivity index (χ2v) is 8.57. The van der Waals surface area contributed by atoms with Gasteiger partial charge in [0.1, 0.15) is 9.22 Å². The first-order chi connectivity index (χ1) is 9.57. The number of nitrogens with two attached hydrogens (primary N) is 1. The van der Waals surface area contributed by atoms with Crippen LogP contribution >= 0.6 is 35.6 Å². The zero-order chi connectivity index (χ0) is 16.0. The molecule has 1 heterocycles. The first-order valence-corrected chi connectivity index (χ1v) is 9.40. The van der Waals surface area contributed by atoms with Crippen molar-refractivity contribution in [2.24, 2.45) is 5.14 Å². The van der Waals surface area contributed by atoms with Gasteiger partial charge < -0.3 is 10.0 Å². The predicted molar refractivity (Wildman–Crippen MR) is 88.8 cm³/mol. The summed E-state index contributed by atoms with van der Waals surface area (Å²) in [6.45, 7) is 3.80. The molecular formula is C12H15ClN2O3S3. The van der Waals surface area contributed by atoms with Crippen LogP contribution in [0.5, 0.6) is 0 Å². The Bertz CT molecular complexity index is 693. The summed E-state index contributed by atoms with van der Waals surface area (Å²) in [6.07, 6.45) is 0. The molecule has 116 valence electrons. The molecule has 1 atom stereocenters. The molecule has 0 aliphatic carbocycles. The smallest absolute Gasteiger partial charge is 0.239 e. The number of halogens is 1. The van der Waals surface area contributed by atoms with Crippen molar-refractivity contribution in [1.29, 1.82) is 0 Å². The van der Waals surface area contributed by atoms with Crippen LogP contribution < -0.4 is 5.14 Å². The van der Waals surface area contributed by atoms with Crippen LogP contribution in [-0.4, -0.2) is 34.5 Å². The lowest BCUT2D eigenvalue weighted by molar-refractivity contribution is -0.0604. The van der Waals surface area contributed by atoms with Crippen molar-refractivity contribution < 1.29 is 13.5 Å². The van der Waals surface area contributed by atoms with Gasteiger partial charge in [-0.2, -0.15) is 0 Å². The molecule has 0 saturated carbocycles. The molecule has 1 aromatic rings. The summed E-state index contributed by atoms with van der Waals surface area (Å²) in [4.78, 5) is 1.48. The Labute approximate surface area is 138 Å². The quantitative estimate of drug-likeness (QED) is 0.794. The Hall–Kier alpha value is -0.380. The van der Waals surface area contributed by atoms with Crippen LogP contribution in [0.4, 0.5) is 0 Å². The number of aliphatic hydroxyl groups is 1. The van der Waals surface area contributed by atoms with Gasteiger partial charge in [-0.15, -0.1) is 0 Å². The molecule has 0 bridgehead atoms. The van der Waals surface area contributed by atoms with Gasteiger partial charge in [-0.25, -0.2) is 13.6 Å². The highest BCUT2D eigenvalue weighted by Crippen LogP contribution is 2.41. The van der Waals surface area contributed by atoms with Crippen LogP contribution in [0, 0.1) is 0 Å². The van der Waals surface area contributed by atoms with Crippen LogP contribution in [0.3, 0.4) is 0 Å². The molecular weight excluding hydrogens is 352 g/mol. The van der Waals surface area contributed by atoms with Crippen molar-refractivity contribution in [3.8, 4) is 0 Å². The third-order valence-electron chi connectivity index (χ3n) is 3.21. The summed E-state index contributed by atoms with van der Waals surface area (Å²) in [5.41, 5.74) is -0.975. The molecule has 0 amide bonds. The maximum absolute atomic E-state index is 11.6. The topological polar surface area (TPSA) is 83.6 Å². The fraction of sp³-hybridized carbons (Fsp3) is 0.417. The minimum Gasteiger partial charge on any atom is -0.366 e. The molecule has 1 aromatic carbocycles. The second kappa shape index (κ2) is 5.68. The van der Waals surface area contributed by atoms with E-state index in [0.29, 0.717) is 15.6 Å². The normalized spacial score (nSPS) is 23.1. The Morgan fingerprint density at radius 3 is 2.67 bits per heavy atom. The number of nitrogens with zero attached hydrogens (tertiary/aromatic N) is 1. The molecule has 3 N–H and O–H groups in total. The first-order valence-electron chi connectivity index (χ1n) is 6.08. The number of benzene rings is 1. The van der Waals surface area contributed by atoms with Crippen LogP contribution in [0.15, 0.2) is 23.1 Å². The summed E-state index contributed by atoms with van der Waals surface area (Å²) in [7, 11) is -3.96. The number of thioether (sulfide) groups is 1. The van der Waals surface area contributed by atoms with Crippen LogP contribution in [0.2, 0.25) is 5.02 Å². The number of sulfonamides is 1. The van der Waals surface area contributed by atoms with E-state index in [1.165, 1.54) is 23.9 Å². The van der Waals surface area contributed by atoms with Crippen molar-refractivity contribution >= 4 is 49.9 Å². The highest BCUT2D eigenvalue weighted by atomic mass is 35.5. The van der Waals surface area contributed by atoms with Gasteiger partial charge in [0, 0.05) is 11.6 Å². The molecule has 1 saturated heterocycles. The molecule has 1 fully saturated rings. The van der Waals surface area contributed by atoms with Gasteiger partial charge in [-0.3, -0.25) is 0 Å². The first kappa shape index (κ1) is 17.0. The van der Waals surface area contributed by atoms with Gasteiger partial charge in [0.15, 0.2) is 5.72 Å². The van der Waals surface area contributed by atoms with Crippen molar-refractivity contribution in [2.75, 3.05) is 5.75 Å². The summed E-state index contributed by atoms with van der Waals surface area (Å²) >= 11 is 12.5. The van der Waals surface area contributed by atoms with E-state index in [2.05, 4.69) is 0 Å². The van der Waals surface area contributed by atoms with E-state index >= 15 is 0 Å². The van der Waals surface area contributed by atoms with Crippen LogP contribution in [0.25, 0.3) is 0 Å². The van der Waals surface area contributed by atoms with E-state index in [0.717, 1.165) is 0 Å². The van der Waals surface area contributed by atoms with Crippen molar-refractivity contribution in [1.82, 2.24) is 4.90 Å². The van der Waals surface area contributed by atoms with Gasteiger partial charge in [0.2, 0.25) is 10.0 Å². The van der Waals surface area contributed by atoms with Crippen molar-refractivity contribution in [3.63, 3.8) is 0 Å². The van der Waals surface area contributed by atoms with Gasteiger partial charge in [0.05, 0.1) is 10.8 Å². The van der Waals surface area contributed by atoms with Gasteiger partial charge in [-0.05, 0) is 26.0 Å². The highest BCUT2D eigenvalue weighted by Gasteiger charge is 2.45. The average molecular weight is 367 g/mol. The number of hydrogen-bond donors (Lipinski definition) is 2. The summed E-state index contributed by atoms with van der Waals surface area (Å²) in [5, 5.41) is 16.2. The molecule has 9 heteroatoms. The molecule has 2 rings (SSSR count). The summed E-state index contributed by atoms with van der Waals surface area (Å²) in [6, 6.07) is 4.27. The third kappa shape index (κ3) is 3.06. The van der Waals surface area contributed by atoms with Crippen LogP contribution in [0.1, 0.15) is 19.4 Å². The standard InChI is InChI=1S/C12H15ClN2O3S3/c1-7(2)15-11(19)20-6-12(15,16)8-3-4-9(13)10(5-8)21(14,17)18/h3-5,7,16H,6H2,1-2H3,(H2,14,17,18). The van der Waals surface area contributed by atoms with Crippen LogP contribution in [-0.2, 0) is 15.7 Å². The molecule has 21 heavy (non-hydrogen) atoms. The lowest BCUT2D eigenvalue weighted by atomic mass is 10.0. The molecule has 0 radical (unpaired) electrons. The molecule has 5 nitrogen and oxygen atoms in total. The Morgan fingerprint density at radius 1 is 1.52 bits per heavy atom. The zero-order valence-corrected chi connectivity index (χ0v) is 14.6. The molecule has 0 spiro atoms. The molecule has 1 unspecified atom stereocenters. The molecule has 0 aromatic heterocycles. The van der Waals surface area contributed by atoms with E-state index in [4.69, 9.17) is 29.0 Å². The van der Waals surface area contributed by atoms with Crippen molar-refractivity contribution in [2.45, 2.75) is 30.5 Å². The monoisotopic (exact) mass is 366 g/mol. The number of rotatable bonds is 3. The maximum atomic E-state index is 11.6. The second-order valence-electron chi connectivity index (χ2n) is 5.03. The highest BCUT2D eigenvalue weighted by molar-refractivity contribution is 8.23.